The van der Waals surface area contributed by atoms with Crippen molar-refractivity contribution in [3.63, 3.8) is 0 Å². The molecule has 0 radical (unpaired) electrons. The van der Waals surface area contributed by atoms with E-state index in [4.69, 9.17) is 10.5 Å². The first-order valence-electron chi connectivity index (χ1n) is 1.48. The molecular formula is C3H5NO2. The minimum atomic E-state index is -0.954. The number of aliphatic carboxylic acids is 1. The summed E-state index contributed by atoms with van der Waals surface area (Å²) in [6, 6.07) is 0. The molecule has 0 aromatic heterocycles. The summed E-state index contributed by atoms with van der Waals surface area (Å²) in [6.45, 7) is 0. The van der Waals surface area contributed by atoms with E-state index in [9.17, 15) is 4.79 Å². The third-order valence-electron chi connectivity index (χ3n) is 0.277. The predicted molar refractivity (Wildman–Crippen MR) is 21.0 cm³/mol. The average Bonchev–Trinajstić information content (AvgIpc) is 1.35. The molecule has 3 heteroatoms. The molecular weight excluding hydrogens is 82.0 g/mol. The van der Waals surface area contributed by atoms with Gasteiger partial charge in [-0.1, -0.05) is 0 Å². The highest BCUT2D eigenvalue weighted by Gasteiger charge is 1.85. The lowest BCUT2D eigenvalue weighted by Gasteiger charge is -1.74. The second kappa shape index (κ2) is 2.38. The molecule has 0 spiro atoms. The zero-order valence-electron chi connectivity index (χ0n) is 3.14. The first-order valence-corrected chi connectivity index (χ1v) is 1.48. The van der Waals surface area contributed by atoms with Crippen molar-refractivity contribution in [3.05, 3.63) is 0 Å². The summed E-state index contributed by atoms with van der Waals surface area (Å²) in [7, 11) is 0. The van der Waals surface area contributed by atoms with Crippen LogP contribution in [-0.2, 0) is 4.79 Å². The van der Waals surface area contributed by atoms with E-state index < -0.39 is 5.97 Å². The Hall–Kier alpha value is -0.860. The number of rotatable bonds is 2. The summed E-state index contributed by atoms with van der Waals surface area (Å²) in [6.07, 6.45) is 0.683. The molecule has 6 heavy (non-hydrogen) atoms. The van der Waals surface area contributed by atoms with Gasteiger partial charge in [-0.25, -0.2) is 0 Å². The summed E-state index contributed by atoms with van der Waals surface area (Å²) in [4.78, 5) is 9.45. The minimum Gasteiger partial charge on any atom is -0.481 e. The molecule has 0 saturated carbocycles. The van der Waals surface area contributed by atoms with E-state index >= 15 is 0 Å². The van der Waals surface area contributed by atoms with Crippen molar-refractivity contribution < 1.29 is 9.90 Å². The molecule has 2 N–H and O–H groups in total. The van der Waals surface area contributed by atoms with Crippen LogP contribution in [0.5, 0.6) is 0 Å². The highest BCUT2D eigenvalue weighted by molar-refractivity contribution is 5.83. The molecule has 0 rings (SSSR count). The van der Waals surface area contributed by atoms with Crippen LogP contribution in [0, 0.1) is 5.41 Å². The first-order chi connectivity index (χ1) is 2.77. The van der Waals surface area contributed by atoms with Crippen molar-refractivity contribution in [1.82, 2.24) is 0 Å². The van der Waals surface area contributed by atoms with Gasteiger partial charge in [-0.2, -0.15) is 0 Å². The Bertz CT molecular complexity index is 69.2. The number of hydrogen-bond donors (Lipinski definition) is 2. The van der Waals surface area contributed by atoms with Crippen LogP contribution in [0.3, 0.4) is 0 Å². The van der Waals surface area contributed by atoms with Gasteiger partial charge in [-0.15, -0.1) is 0 Å². The third kappa shape index (κ3) is 3.14. The molecule has 0 heterocycles. The molecule has 3 nitrogen and oxygen atoms in total. The zero-order chi connectivity index (χ0) is 4.99. The summed E-state index contributed by atoms with van der Waals surface area (Å²) in [5, 5.41) is 14.0. The van der Waals surface area contributed by atoms with Gasteiger partial charge in [0.25, 0.3) is 0 Å². The SMILES string of the molecule is N=CCC(=O)O. The molecule has 0 atom stereocenters. The van der Waals surface area contributed by atoms with Gasteiger partial charge in [0.1, 0.15) is 0 Å². The second-order valence-electron chi connectivity index (χ2n) is 0.802. The molecule has 0 aromatic rings. The maximum Gasteiger partial charge on any atom is 0.308 e. The van der Waals surface area contributed by atoms with Crippen molar-refractivity contribution >= 4 is 12.2 Å². The molecule has 0 bridgehead atoms. The Kier molecular flexibility index (Phi) is 2.04. The lowest BCUT2D eigenvalue weighted by Crippen LogP contribution is -1.92. The summed E-state index contributed by atoms with van der Waals surface area (Å²) < 4.78 is 0. The highest BCUT2D eigenvalue weighted by atomic mass is 16.4. The van der Waals surface area contributed by atoms with Crippen molar-refractivity contribution in [2.45, 2.75) is 6.42 Å². The quantitative estimate of drug-likeness (QED) is 0.469. The van der Waals surface area contributed by atoms with E-state index in [0.717, 1.165) is 6.21 Å². The summed E-state index contributed by atoms with van der Waals surface area (Å²) >= 11 is 0. The van der Waals surface area contributed by atoms with Crippen molar-refractivity contribution in [1.29, 1.82) is 5.41 Å². The molecule has 34 valence electrons. The van der Waals surface area contributed by atoms with Gasteiger partial charge in [0.15, 0.2) is 0 Å². The summed E-state index contributed by atoms with van der Waals surface area (Å²) in [5.41, 5.74) is 0. The largest absolute Gasteiger partial charge is 0.481 e. The highest BCUT2D eigenvalue weighted by Crippen LogP contribution is 1.65. The van der Waals surface area contributed by atoms with E-state index in [1.54, 1.807) is 0 Å². The standard InChI is InChI=1S/C3H5NO2/c4-2-1-3(5)6/h2,4H,1H2,(H,5,6). The van der Waals surface area contributed by atoms with Gasteiger partial charge < -0.3 is 10.5 Å². The smallest absolute Gasteiger partial charge is 0.308 e. The normalized spacial score (nSPS) is 7.33. The molecule has 0 saturated heterocycles. The Morgan fingerprint density at radius 3 is 2.50 bits per heavy atom. The molecule has 0 amide bonds. The molecule has 0 aromatic carbocycles. The minimum absolute atomic E-state index is 0.167. The van der Waals surface area contributed by atoms with Crippen LogP contribution in [0.15, 0.2) is 0 Å². The van der Waals surface area contributed by atoms with Crippen LogP contribution < -0.4 is 0 Å². The Morgan fingerprint density at radius 2 is 2.50 bits per heavy atom. The lowest BCUT2D eigenvalue weighted by molar-refractivity contribution is -0.135. The topological polar surface area (TPSA) is 61.2 Å². The molecule has 0 aliphatic carbocycles. The van der Waals surface area contributed by atoms with Crippen LogP contribution in [0.25, 0.3) is 0 Å². The molecule has 0 aliphatic heterocycles. The maximum atomic E-state index is 9.45. The van der Waals surface area contributed by atoms with Crippen molar-refractivity contribution in [2.75, 3.05) is 0 Å². The number of carbonyl (C=O) groups is 1. The van der Waals surface area contributed by atoms with E-state index in [1.165, 1.54) is 0 Å². The zero-order valence-corrected chi connectivity index (χ0v) is 3.14. The monoisotopic (exact) mass is 87.0 g/mol. The fourth-order valence-corrected chi connectivity index (χ4v) is 0.0873. The Morgan fingerprint density at radius 1 is 2.00 bits per heavy atom. The fourth-order valence-electron chi connectivity index (χ4n) is 0.0873. The Labute approximate surface area is 35.1 Å². The van der Waals surface area contributed by atoms with Gasteiger partial charge in [-0.05, 0) is 0 Å². The number of hydrogen-bond acceptors (Lipinski definition) is 2. The second-order valence-corrected chi connectivity index (χ2v) is 0.802. The van der Waals surface area contributed by atoms with E-state index in [1.807, 2.05) is 0 Å². The van der Waals surface area contributed by atoms with Gasteiger partial charge >= 0.3 is 5.97 Å². The van der Waals surface area contributed by atoms with Crippen LogP contribution in [0.4, 0.5) is 0 Å². The lowest BCUT2D eigenvalue weighted by atomic mass is 10.5. The van der Waals surface area contributed by atoms with Crippen LogP contribution >= 0.6 is 0 Å². The van der Waals surface area contributed by atoms with Gasteiger partial charge in [0.2, 0.25) is 0 Å². The number of carboxylic acid groups (broad SMARTS) is 1. The molecule has 0 fully saturated rings. The van der Waals surface area contributed by atoms with Gasteiger partial charge in [0.05, 0.1) is 6.42 Å². The fraction of sp³-hybridized carbons (Fsp3) is 0.333. The van der Waals surface area contributed by atoms with Crippen molar-refractivity contribution in [2.24, 2.45) is 0 Å². The van der Waals surface area contributed by atoms with E-state index in [2.05, 4.69) is 0 Å². The van der Waals surface area contributed by atoms with Gasteiger partial charge in [-0.3, -0.25) is 4.79 Å². The average molecular weight is 87.1 g/mol. The van der Waals surface area contributed by atoms with Gasteiger partial charge in [0, 0.05) is 6.21 Å². The summed E-state index contributed by atoms with van der Waals surface area (Å²) in [5.74, 6) is -0.954. The predicted octanol–water partition coefficient (Wildman–Crippen LogP) is 0.111. The van der Waals surface area contributed by atoms with Crippen LogP contribution in [0.1, 0.15) is 6.42 Å². The maximum absolute atomic E-state index is 9.45. The number of carboxylic acids is 1. The molecule has 0 aliphatic rings. The molecule has 0 unspecified atom stereocenters. The van der Waals surface area contributed by atoms with Crippen molar-refractivity contribution in [3.8, 4) is 0 Å². The van der Waals surface area contributed by atoms with Crippen LogP contribution in [-0.4, -0.2) is 17.3 Å². The van der Waals surface area contributed by atoms with Crippen LogP contribution in [0.2, 0.25) is 0 Å². The third-order valence-corrected chi connectivity index (χ3v) is 0.277. The van der Waals surface area contributed by atoms with E-state index in [0.29, 0.717) is 0 Å². The number of nitrogens with one attached hydrogen (secondary N) is 1. The first kappa shape index (κ1) is 5.14. The Balaban J connectivity index is 3.05. The van der Waals surface area contributed by atoms with E-state index in [-0.39, 0.29) is 6.42 Å².